The number of ether oxygens (including phenoxy) is 1. The number of halogens is 2. The Morgan fingerprint density at radius 2 is 1.73 bits per heavy atom. The SMILES string of the molecule is CCOC(=O)c1ccc(-c2ccc(/C=N\NC(=O)CN(c3ccc(Cl)cc3Cl)S(=O)(=O)c3ccccc3)o2)cc1. The highest BCUT2D eigenvalue weighted by Crippen LogP contribution is 2.32. The van der Waals surface area contributed by atoms with Gasteiger partial charge in [-0.1, -0.05) is 53.5 Å². The number of rotatable bonds is 10. The fourth-order valence-electron chi connectivity index (χ4n) is 3.60. The molecule has 0 aliphatic rings. The molecular weight excluding hydrogens is 577 g/mol. The topological polar surface area (TPSA) is 118 Å². The Kier molecular flexibility index (Phi) is 9.26. The van der Waals surface area contributed by atoms with Crippen molar-refractivity contribution in [1.82, 2.24) is 5.43 Å². The van der Waals surface area contributed by atoms with Gasteiger partial charge in [-0.25, -0.2) is 18.6 Å². The average Bonchev–Trinajstić information content (AvgIpc) is 3.42. The second kappa shape index (κ2) is 12.8. The molecule has 1 N–H and O–H groups in total. The maximum Gasteiger partial charge on any atom is 0.338 e. The van der Waals surface area contributed by atoms with E-state index in [-0.39, 0.29) is 22.2 Å². The highest BCUT2D eigenvalue weighted by atomic mass is 35.5. The molecule has 0 saturated heterocycles. The minimum Gasteiger partial charge on any atom is -0.462 e. The molecule has 1 heterocycles. The zero-order chi connectivity index (χ0) is 28.7. The van der Waals surface area contributed by atoms with E-state index >= 15 is 0 Å². The van der Waals surface area contributed by atoms with Gasteiger partial charge in [0.15, 0.2) is 0 Å². The van der Waals surface area contributed by atoms with Gasteiger partial charge in [-0.3, -0.25) is 9.10 Å². The predicted octanol–water partition coefficient (Wildman–Crippen LogP) is 5.78. The summed E-state index contributed by atoms with van der Waals surface area (Å²) >= 11 is 12.3. The zero-order valence-corrected chi connectivity index (χ0v) is 23.4. The van der Waals surface area contributed by atoms with E-state index in [0.717, 1.165) is 9.87 Å². The van der Waals surface area contributed by atoms with E-state index in [4.69, 9.17) is 32.4 Å². The van der Waals surface area contributed by atoms with Gasteiger partial charge in [-0.05, 0) is 61.5 Å². The summed E-state index contributed by atoms with van der Waals surface area (Å²) in [5.41, 5.74) is 3.53. The lowest BCUT2D eigenvalue weighted by molar-refractivity contribution is -0.119. The van der Waals surface area contributed by atoms with E-state index in [1.165, 1.54) is 36.5 Å². The monoisotopic (exact) mass is 599 g/mol. The smallest absolute Gasteiger partial charge is 0.338 e. The molecule has 0 atom stereocenters. The maximum atomic E-state index is 13.4. The molecule has 206 valence electrons. The number of amides is 1. The van der Waals surface area contributed by atoms with Crippen LogP contribution in [0.2, 0.25) is 10.0 Å². The predicted molar refractivity (Wildman–Crippen MR) is 153 cm³/mol. The first-order valence-corrected chi connectivity index (χ1v) is 14.1. The summed E-state index contributed by atoms with van der Waals surface area (Å²) < 4.78 is 38.4. The number of carbonyl (C=O) groups is 2. The summed E-state index contributed by atoms with van der Waals surface area (Å²) in [6.45, 7) is 1.42. The molecule has 4 rings (SSSR count). The van der Waals surface area contributed by atoms with Crippen molar-refractivity contribution < 1.29 is 27.2 Å². The number of sulfonamides is 1. The van der Waals surface area contributed by atoms with Crippen molar-refractivity contribution in [3.63, 3.8) is 0 Å². The number of hydrogen-bond donors (Lipinski definition) is 1. The average molecular weight is 600 g/mol. The Bertz CT molecular complexity index is 1640. The summed E-state index contributed by atoms with van der Waals surface area (Å²) in [6, 6.07) is 22.0. The minimum absolute atomic E-state index is 0.0179. The molecule has 1 amide bonds. The third kappa shape index (κ3) is 6.90. The summed E-state index contributed by atoms with van der Waals surface area (Å²) in [5, 5.41) is 4.26. The van der Waals surface area contributed by atoms with Crippen molar-refractivity contribution in [2.75, 3.05) is 17.5 Å². The Morgan fingerprint density at radius 1 is 1.00 bits per heavy atom. The molecule has 4 aromatic rings. The molecule has 1 aromatic heterocycles. The van der Waals surface area contributed by atoms with Crippen LogP contribution in [0.15, 0.2) is 99.3 Å². The van der Waals surface area contributed by atoms with E-state index in [9.17, 15) is 18.0 Å². The van der Waals surface area contributed by atoms with Crippen LogP contribution in [0.5, 0.6) is 0 Å². The molecule has 40 heavy (non-hydrogen) atoms. The van der Waals surface area contributed by atoms with Crippen LogP contribution >= 0.6 is 23.2 Å². The van der Waals surface area contributed by atoms with Crippen molar-refractivity contribution in [3.8, 4) is 11.3 Å². The first kappa shape index (κ1) is 28.9. The second-order valence-electron chi connectivity index (χ2n) is 8.21. The molecule has 0 radical (unpaired) electrons. The first-order valence-electron chi connectivity index (χ1n) is 11.9. The van der Waals surface area contributed by atoms with Gasteiger partial charge in [0.05, 0.1) is 34.0 Å². The number of esters is 1. The van der Waals surface area contributed by atoms with Gasteiger partial charge in [0, 0.05) is 10.6 Å². The summed E-state index contributed by atoms with van der Waals surface area (Å²) in [7, 11) is -4.16. The van der Waals surface area contributed by atoms with Gasteiger partial charge < -0.3 is 9.15 Å². The lowest BCUT2D eigenvalue weighted by Gasteiger charge is -2.24. The Morgan fingerprint density at radius 3 is 2.40 bits per heavy atom. The van der Waals surface area contributed by atoms with Gasteiger partial charge in [0.1, 0.15) is 18.1 Å². The summed E-state index contributed by atoms with van der Waals surface area (Å²) in [4.78, 5) is 24.6. The van der Waals surface area contributed by atoms with Crippen LogP contribution in [0, 0.1) is 0 Å². The number of nitrogens with zero attached hydrogens (tertiary/aromatic N) is 2. The van der Waals surface area contributed by atoms with Gasteiger partial charge in [0.25, 0.3) is 15.9 Å². The van der Waals surface area contributed by atoms with Crippen molar-refractivity contribution in [3.05, 3.63) is 106 Å². The van der Waals surface area contributed by atoms with Crippen LogP contribution in [0.3, 0.4) is 0 Å². The molecule has 9 nitrogen and oxygen atoms in total. The molecule has 12 heteroatoms. The lowest BCUT2D eigenvalue weighted by Crippen LogP contribution is -2.39. The number of nitrogens with one attached hydrogen (secondary N) is 1. The van der Waals surface area contributed by atoms with Gasteiger partial charge >= 0.3 is 5.97 Å². The molecule has 3 aromatic carbocycles. The van der Waals surface area contributed by atoms with Gasteiger partial charge in [0.2, 0.25) is 0 Å². The summed E-state index contributed by atoms with van der Waals surface area (Å²) in [6.07, 6.45) is 1.28. The largest absolute Gasteiger partial charge is 0.462 e. The van der Waals surface area contributed by atoms with E-state index < -0.39 is 28.4 Å². The second-order valence-corrected chi connectivity index (χ2v) is 10.9. The minimum atomic E-state index is -4.16. The Balaban J connectivity index is 1.47. The van der Waals surface area contributed by atoms with Crippen LogP contribution in [-0.2, 0) is 19.6 Å². The molecule has 0 bridgehead atoms. The molecule has 0 unspecified atom stereocenters. The van der Waals surface area contributed by atoms with Crippen LogP contribution in [0.4, 0.5) is 5.69 Å². The maximum absolute atomic E-state index is 13.4. The van der Waals surface area contributed by atoms with E-state index in [1.807, 2.05) is 0 Å². The van der Waals surface area contributed by atoms with Crippen LogP contribution < -0.4 is 9.73 Å². The number of carbonyl (C=O) groups excluding carboxylic acids is 2. The summed E-state index contributed by atoms with van der Waals surface area (Å²) in [5.74, 6) is -0.284. The number of hydrogen-bond acceptors (Lipinski definition) is 7. The number of furan rings is 1. The molecule has 0 saturated carbocycles. The van der Waals surface area contributed by atoms with Crippen molar-refractivity contribution >= 4 is 57.0 Å². The van der Waals surface area contributed by atoms with E-state index in [2.05, 4.69) is 10.5 Å². The van der Waals surface area contributed by atoms with Crippen molar-refractivity contribution in [2.45, 2.75) is 11.8 Å². The third-order valence-electron chi connectivity index (χ3n) is 5.49. The van der Waals surface area contributed by atoms with Crippen molar-refractivity contribution in [2.24, 2.45) is 5.10 Å². The standard InChI is InChI=1S/C28H23Cl2N3O6S/c1-2-38-28(35)20-10-8-19(9-11-20)26-15-13-22(39-26)17-31-32-27(34)18-33(25-14-12-21(29)16-24(25)30)40(36,37)23-6-4-3-5-7-23/h3-17H,2,18H2,1H3,(H,32,34)/b31-17-. The van der Waals surface area contributed by atoms with Gasteiger partial charge in [-0.2, -0.15) is 5.10 Å². The quantitative estimate of drug-likeness (QED) is 0.140. The van der Waals surface area contributed by atoms with Gasteiger partial charge in [-0.15, -0.1) is 0 Å². The van der Waals surface area contributed by atoms with Crippen LogP contribution in [-0.4, -0.2) is 39.7 Å². The van der Waals surface area contributed by atoms with E-state index in [0.29, 0.717) is 22.1 Å². The molecule has 0 fully saturated rings. The third-order valence-corrected chi connectivity index (χ3v) is 7.80. The number of benzene rings is 3. The van der Waals surface area contributed by atoms with E-state index in [1.54, 1.807) is 61.5 Å². The fourth-order valence-corrected chi connectivity index (χ4v) is 5.62. The molecule has 0 aliphatic carbocycles. The fraction of sp³-hybridized carbons (Fsp3) is 0.107. The zero-order valence-electron chi connectivity index (χ0n) is 21.1. The Labute approximate surface area is 241 Å². The highest BCUT2D eigenvalue weighted by molar-refractivity contribution is 7.92. The number of anilines is 1. The Hall–Kier alpha value is -4.12. The lowest BCUT2D eigenvalue weighted by atomic mass is 10.1. The number of hydrazone groups is 1. The highest BCUT2D eigenvalue weighted by Gasteiger charge is 2.28. The van der Waals surface area contributed by atoms with Crippen molar-refractivity contribution in [1.29, 1.82) is 0 Å². The first-order chi connectivity index (χ1) is 19.2. The molecule has 0 spiro atoms. The van der Waals surface area contributed by atoms with Crippen LogP contribution in [0.1, 0.15) is 23.0 Å². The molecule has 0 aliphatic heterocycles. The molecular formula is C28H23Cl2N3O6S. The van der Waals surface area contributed by atoms with Crippen LogP contribution in [0.25, 0.3) is 11.3 Å². The normalized spacial score (nSPS) is 11.4.